The van der Waals surface area contributed by atoms with Gasteiger partial charge in [0.15, 0.2) is 5.82 Å². The number of hydrogen-bond acceptors (Lipinski definition) is 5. The molecule has 1 aromatic rings. The minimum absolute atomic E-state index is 0.0347. The highest BCUT2D eigenvalue weighted by Crippen LogP contribution is 2.36. The third-order valence-corrected chi connectivity index (χ3v) is 3.26. The van der Waals surface area contributed by atoms with Gasteiger partial charge in [-0.15, -0.1) is 0 Å². The molecule has 90 valence electrons. The van der Waals surface area contributed by atoms with Crippen LogP contribution in [-0.4, -0.2) is 21.9 Å². The molecule has 2 rings (SSSR count). The first kappa shape index (κ1) is 11.5. The van der Waals surface area contributed by atoms with Crippen LogP contribution in [0.15, 0.2) is 4.52 Å². The SMILES string of the molecule is CC1CCCC(N)(c2nc(CCO)no2)C1. The number of aliphatic hydroxyl groups excluding tert-OH is 1. The lowest BCUT2D eigenvalue weighted by Crippen LogP contribution is -2.41. The average molecular weight is 225 g/mol. The Bertz CT molecular complexity index is 353. The van der Waals surface area contributed by atoms with E-state index in [-0.39, 0.29) is 6.61 Å². The van der Waals surface area contributed by atoms with Crippen molar-refractivity contribution in [2.24, 2.45) is 11.7 Å². The van der Waals surface area contributed by atoms with E-state index in [2.05, 4.69) is 17.1 Å². The van der Waals surface area contributed by atoms with Gasteiger partial charge in [-0.2, -0.15) is 4.98 Å². The van der Waals surface area contributed by atoms with Crippen LogP contribution in [0.4, 0.5) is 0 Å². The molecule has 5 nitrogen and oxygen atoms in total. The highest BCUT2D eigenvalue weighted by Gasteiger charge is 2.37. The summed E-state index contributed by atoms with van der Waals surface area (Å²) in [5, 5.41) is 12.6. The van der Waals surface area contributed by atoms with Crippen molar-refractivity contribution in [2.45, 2.75) is 44.6 Å². The number of aliphatic hydroxyl groups is 1. The van der Waals surface area contributed by atoms with Crippen molar-refractivity contribution in [1.82, 2.24) is 10.1 Å². The van der Waals surface area contributed by atoms with Crippen LogP contribution in [-0.2, 0) is 12.0 Å². The van der Waals surface area contributed by atoms with Gasteiger partial charge in [-0.25, -0.2) is 0 Å². The van der Waals surface area contributed by atoms with Gasteiger partial charge in [-0.3, -0.25) is 0 Å². The summed E-state index contributed by atoms with van der Waals surface area (Å²) in [5.74, 6) is 1.68. The molecule has 5 heteroatoms. The molecule has 1 fully saturated rings. The van der Waals surface area contributed by atoms with E-state index in [1.54, 1.807) is 0 Å². The molecular formula is C11H19N3O2. The van der Waals surface area contributed by atoms with Crippen LogP contribution in [0.5, 0.6) is 0 Å². The molecule has 0 radical (unpaired) electrons. The highest BCUT2D eigenvalue weighted by atomic mass is 16.5. The van der Waals surface area contributed by atoms with Crippen molar-refractivity contribution >= 4 is 0 Å². The largest absolute Gasteiger partial charge is 0.396 e. The first-order valence-corrected chi connectivity index (χ1v) is 5.87. The van der Waals surface area contributed by atoms with E-state index in [4.69, 9.17) is 15.4 Å². The molecule has 0 spiro atoms. The topological polar surface area (TPSA) is 85.2 Å². The van der Waals surface area contributed by atoms with E-state index >= 15 is 0 Å². The predicted octanol–water partition coefficient (Wildman–Crippen LogP) is 0.969. The van der Waals surface area contributed by atoms with Gasteiger partial charge in [0.2, 0.25) is 5.89 Å². The average Bonchev–Trinajstić information content (AvgIpc) is 2.67. The summed E-state index contributed by atoms with van der Waals surface area (Å²) in [5.41, 5.74) is 5.86. The maximum Gasteiger partial charge on any atom is 0.246 e. The fourth-order valence-corrected chi connectivity index (χ4v) is 2.44. The van der Waals surface area contributed by atoms with Crippen LogP contribution in [0.3, 0.4) is 0 Å². The molecule has 0 bridgehead atoms. The Morgan fingerprint density at radius 3 is 3.12 bits per heavy atom. The second-order valence-electron chi connectivity index (χ2n) is 4.85. The van der Waals surface area contributed by atoms with Gasteiger partial charge in [0.05, 0.1) is 12.1 Å². The zero-order valence-corrected chi connectivity index (χ0v) is 9.65. The summed E-state index contributed by atoms with van der Waals surface area (Å²) < 4.78 is 5.21. The predicted molar refractivity (Wildman–Crippen MR) is 58.6 cm³/mol. The maximum absolute atomic E-state index is 8.79. The Balaban J connectivity index is 2.14. The Morgan fingerprint density at radius 2 is 2.44 bits per heavy atom. The summed E-state index contributed by atoms with van der Waals surface area (Å²) in [6.07, 6.45) is 4.55. The fraction of sp³-hybridized carbons (Fsp3) is 0.818. The van der Waals surface area contributed by atoms with Crippen molar-refractivity contribution in [3.63, 3.8) is 0 Å². The minimum Gasteiger partial charge on any atom is -0.396 e. The monoisotopic (exact) mass is 225 g/mol. The lowest BCUT2D eigenvalue weighted by Gasteiger charge is -2.33. The van der Waals surface area contributed by atoms with Gasteiger partial charge in [-0.1, -0.05) is 24.9 Å². The standard InChI is InChI=1S/C11H19N3O2/c1-8-3-2-5-11(12,7-8)10-13-9(4-6-15)14-16-10/h8,15H,2-7,12H2,1H3. The molecule has 1 heterocycles. The molecule has 0 aromatic carbocycles. The lowest BCUT2D eigenvalue weighted by atomic mass is 9.77. The smallest absolute Gasteiger partial charge is 0.246 e. The van der Waals surface area contributed by atoms with Crippen LogP contribution in [0.25, 0.3) is 0 Å². The number of aromatic nitrogens is 2. The summed E-state index contributed by atoms with van der Waals surface area (Å²) in [7, 11) is 0. The maximum atomic E-state index is 8.79. The van der Waals surface area contributed by atoms with Crippen molar-refractivity contribution in [1.29, 1.82) is 0 Å². The van der Waals surface area contributed by atoms with Crippen molar-refractivity contribution in [3.8, 4) is 0 Å². The normalized spacial score (nSPS) is 30.6. The molecule has 0 saturated heterocycles. The molecule has 1 aliphatic rings. The molecule has 0 aliphatic heterocycles. The Hall–Kier alpha value is -0.940. The molecular weight excluding hydrogens is 206 g/mol. The summed E-state index contributed by atoms with van der Waals surface area (Å²) in [6.45, 7) is 2.23. The van der Waals surface area contributed by atoms with E-state index in [0.717, 1.165) is 19.3 Å². The van der Waals surface area contributed by atoms with Crippen LogP contribution in [0, 0.1) is 5.92 Å². The summed E-state index contributed by atoms with van der Waals surface area (Å²) in [4.78, 5) is 4.27. The van der Waals surface area contributed by atoms with Crippen LogP contribution < -0.4 is 5.73 Å². The van der Waals surface area contributed by atoms with Gasteiger partial charge in [0, 0.05) is 6.42 Å². The minimum atomic E-state index is -0.460. The van der Waals surface area contributed by atoms with Crippen molar-refractivity contribution in [3.05, 3.63) is 11.7 Å². The molecule has 16 heavy (non-hydrogen) atoms. The zero-order valence-electron chi connectivity index (χ0n) is 9.65. The van der Waals surface area contributed by atoms with E-state index in [0.29, 0.717) is 24.1 Å². The second-order valence-corrected chi connectivity index (χ2v) is 4.85. The Kier molecular flexibility index (Phi) is 3.25. The van der Waals surface area contributed by atoms with Crippen LogP contribution in [0.1, 0.15) is 44.3 Å². The van der Waals surface area contributed by atoms with Gasteiger partial charge in [0.1, 0.15) is 0 Å². The molecule has 2 atom stereocenters. The fourth-order valence-electron chi connectivity index (χ4n) is 2.44. The molecule has 2 unspecified atom stereocenters. The number of rotatable bonds is 3. The van der Waals surface area contributed by atoms with Gasteiger partial charge in [-0.05, 0) is 18.8 Å². The van der Waals surface area contributed by atoms with Gasteiger partial charge in [0.25, 0.3) is 0 Å². The summed E-state index contributed by atoms with van der Waals surface area (Å²) >= 11 is 0. The van der Waals surface area contributed by atoms with E-state index < -0.39 is 5.54 Å². The van der Waals surface area contributed by atoms with Gasteiger partial charge < -0.3 is 15.4 Å². The lowest BCUT2D eigenvalue weighted by molar-refractivity contribution is 0.183. The molecule has 1 aromatic heterocycles. The number of nitrogens with zero attached hydrogens (tertiary/aromatic N) is 2. The highest BCUT2D eigenvalue weighted by molar-refractivity contribution is 5.04. The van der Waals surface area contributed by atoms with E-state index in [9.17, 15) is 0 Å². The Morgan fingerprint density at radius 1 is 1.62 bits per heavy atom. The number of hydrogen-bond donors (Lipinski definition) is 2. The van der Waals surface area contributed by atoms with E-state index in [1.807, 2.05) is 0 Å². The zero-order chi connectivity index (χ0) is 11.6. The quantitative estimate of drug-likeness (QED) is 0.800. The molecule has 3 N–H and O–H groups in total. The third kappa shape index (κ3) is 2.25. The molecule has 1 saturated carbocycles. The van der Waals surface area contributed by atoms with Crippen molar-refractivity contribution in [2.75, 3.05) is 6.61 Å². The first-order valence-electron chi connectivity index (χ1n) is 5.87. The first-order chi connectivity index (χ1) is 7.64. The number of nitrogens with two attached hydrogens (primary N) is 1. The van der Waals surface area contributed by atoms with Crippen LogP contribution >= 0.6 is 0 Å². The van der Waals surface area contributed by atoms with Gasteiger partial charge >= 0.3 is 0 Å². The third-order valence-electron chi connectivity index (χ3n) is 3.26. The Labute approximate surface area is 95.0 Å². The van der Waals surface area contributed by atoms with Crippen LogP contribution in [0.2, 0.25) is 0 Å². The second kappa shape index (κ2) is 4.51. The van der Waals surface area contributed by atoms with Crippen molar-refractivity contribution < 1.29 is 9.63 Å². The summed E-state index contributed by atoms with van der Waals surface area (Å²) in [6, 6.07) is 0. The van der Waals surface area contributed by atoms with E-state index in [1.165, 1.54) is 6.42 Å². The molecule has 0 amide bonds. The molecule has 1 aliphatic carbocycles.